The first kappa shape index (κ1) is 20.4. The zero-order chi connectivity index (χ0) is 21.9. The second kappa shape index (κ2) is 8.93. The normalized spacial score (nSPS) is 15.2. The van der Waals surface area contributed by atoms with Crippen LogP contribution in [0, 0.1) is 12.8 Å². The van der Waals surface area contributed by atoms with Crippen molar-refractivity contribution < 1.29 is 9.32 Å². The third-order valence-corrected chi connectivity index (χ3v) is 6.14. The summed E-state index contributed by atoms with van der Waals surface area (Å²) in [5.41, 5.74) is 3.03. The fourth-order valence-corrected chi connectivity index (χ4v) is 4.25. The molecule has 1 saturated heterocycles. The fourth-order valence-electron chi connectivity index (χ4n) is 4.25. The summed E-state index contributed by atoms with van der Waals surface area (Å²) in [6, 6.07) is 22.2. The molecule has 4 aromatic rings. The molecule has 6 nitrogen and oxygen atoms in total. The highest BCUT2D eigenvalue weighted by molar-refractivity contribution is 6.02. The van der Waals surface area contributed by atoms with Gasteiger partial charge in [-0.05, 0) is 44.3 Å². The van der Waals surface area contributed by atoms with Gasteiger partial charge in [0.05, 0.1) is 6.54 Å². The van der Waals surface area contributed by atoms with Gasteiger partial charge in [0, 0.05) is 22.6 Å². The Kier molecular flexibility index (Phi) is 5.69. The van der Waals surface area contributed by atoms with E-state index in [1.54, 1.807) is 0 Å². The smallest absolute Gasteiger partial charge is 0.241 e. The molecular formula is C26H26N4O2. The average molecular weight is 427 g/mol. The molecule has 1 amide bonds. The summed E-state index contributed by atoms with van der Waals surface area (Å²) < 4.78 is 5.46. The summed E-state index contributed by atoms with van der Waals surface area (Å²) in [5.74, 6) is 1.33. The highest BCUT2D eigenvalue weighted by Gasteiger charge is 2.26. The lowest BCUT2D eigenvalue weighted by atomic mass is 9.95. The number of rotatable bonds is 5. The van der Waals surface area contributed by atoms with Crippen LogP contribution in [0.25, 0.3) is 22.2 Å². The van der Waals surface area contributed by atoms with Gasteiger partial charge in [0.15, 0.2) is 0 Å². The van der Waals surface area contributed by atoms with Crippen molar-refractivity contribution in [2.75, 3.05) is 18.4 Å². The van der Waals surface area contributed by atoms with E-state index in [1.165, 1.54) is 5.56 Å². The number of hydrogen-bond acceptors (Lipinski definition) is 5. The van der Waals surface area contributed by atoms with Crippen LogP contribution >= 0.6 is 0 Å². The standard InChI is InChI=1S/C26H26N4O2/c1-18-9-11-20(12-10-18)25-28-24(32-29-25)17-30-15-13-21(14-16-30)26(31)27-23-8-4-6-19-5-2-3-7-22(19)23/h2-12,21H,13-17H2,1H3,(H,27,31). The second-order valence-electron chi connectivity index (χ2n) is 8.44. The monoisotopic (exact) mass is 426 g/mol. The van der Waals surface area contributed by atoms with Crippen LogP contribution in [-0.4, -0.2) is 34.0 Å². The molecule has 1 aliphatic rings. The maximum absolute atomic E-state index is 12.9. The molecule has 0 bridgehead atoms. The van der Waals surface area contributed by atoms with Crippen molar-refractivity contribution in [2.45, 2.75) is 26.3 Å². The summed E-state index contributed by atoms with van der Waals surface area (Å²) in [6.45, 7) is 4.32. The number of piperidine rings is 1. The maximum Gasteiger partial charge on any atom is 0.241 e. The Morgan fingerprint density at radius 3 is 2.59 bits per heavy atom. The first-order valence-electron chi connectivity index (χ1n) is 11.1. The van der Waals surface area contributed by atoms with Gasteiger partial charge in [-0.15, -0.1) is 0 Å². The van der Waals surface area contributed by atoms with Gasteiger partial charge < -0.3 is 9.84 Å². The third-order valence-electron chi connectivity index (χ3n) is 6.14. The van der Waals surface area contributed by atoms with Crippen molar-refractivity contribution in [1.29, 1.82) is 0 Å². The number of benzene rings is 3. The molecule has 162 valence electrons. The molecule has 0 saturated carbocycles. The molecule has 0 unspecified atom stereocenters. The van der Waals surface area contributed by atoms with Crippen molar-refractivity contribution in [3.05, 3.63) is 78.2 Å². The van der Waals surface area contributed by atoms with E-state index in [2.05, 4.69) is 39.4 Å². The number of hydrogen-bond donors (Lipinski definition) is 1. The van der Waals surface area contributed by atoms with Crippen LogP contribution in [-0.2, 0) is 11.3 Å². The first-order valence-corrected chi connectivity index (χ1v) is 11.1. The lowest BCUT2D eigenvalue weighted by molar-refractivity contribution is -0.121. The van der Waals surface area contributed by atoms with Crippen LogP contribution in [0.4, 0.5) is 5.69 Å². The molecule has 0 radical (unpaired) electrons. The molecular weight excluding hydrogens is 400 g/mol. The predicted molar refractivity (Wildman–Crippen MR) is 125 cm³/mol. The highest BCUT2D eigenvalue weighted by atomic mass is 16.5. The zero-order valence-electron chi connectivity index (χ0n) is 18.1. The summed E-state index contributed by atoms with van der Waals surface area (Å²) in [5, 5.41) is 9.47. The molecule has 5 rings (SSSR count). The molecule has 32 heavy (non-hydrogen) atoms. The van der Waals surface area contributed by atoms with Crippen LogP contribution in [0.3, 0.4) is 0 Å². The van der Waals surface area contributed by atoms with E-state index in [0.29, 0.717) is 18.3 Å². The molecule has 1 N–H and O–H groups in total. The topological polar surface area (TPSA) is 71.3 Å². The number of carbonyl (C=O) groups excluding carboxylic acids is 1. The first-order chi connectivity index (χ1) is 15.7. The minimum Gasteiger partial charge on any atom is -0.338 e. The van der Waals surface area contributed by atoms with E-state index in [-0.39, 0.29) is 11.8 Å². The van der Waals surface area contributed by atoms with Gasteiger partial charge in [0.2, 0.25) is 17.6 Å². The largest absolute Gasteiger partial charge is 0.338 e. The Morgan fingerprint density at radius 2 is 1.78 bits per heavy atom. The Hall–Kier alpha value is -3.51. The van der Waals surface area contributed by atoms with Crippen molar-refractivity contribution in [3.63, 3.8) is 0 Å². The summed E-state index contributed by atoms with van der Waals surface area (Å²) >= 11 is 0. The fraction of sp³-hybridized carbons (Fsp3) is 0.269. The Bertz CT molecular complexity index is 1220. The molecule has 1 aromatic heterocycles. The SMILES string of the molecule is Cc1ccc(-c2noc(CN3CCC(C(=O)Nc4cccc5ccccc45)CC3)n2)cc1. The van der Waals surface area contributed by atoms with E-state index < -0.39 is 0 Å². The van der Waals surface area contributed by atoms with Gasteiger partial charge in [0.1, 0.15) is 0 Å². The van der Waals surface area contributed by atoms with E-state index in [9.17, 15) is 4.79 Å². The number of fused-ring (bicyclic) bond motifs is 1. The number of nitrogens with one attached hydrogen (secondary N) is 1. The predicted octanol–water partition coefficient (Wildman–Crippen LogP) is 5.05. The van der Waals surface area contributed by atoms with Gasteiger partial charge in [-0.2, -0.15) is 4.98 Å². The van der Waals surface area contributed by atoms with Crippen LogP contribution in [0.2, 0.25) is 0 Å². The van der Waals surface area contributed by atoms with Crippen LogP contribution in [0.1, 0.15) is 24.3 Å². The molecule has 1 aliphatic heterocycles. The Labute approximate surface area is 187 Å². The number of carbonyl (C=O) groups is 1. The molecule has 3 aromatic carbocycles. The number of aromatic nitrogens is 2. The van der Waals surface area contributed by atoms with Crippen LogP contribution in [0.5, 0.6) is 0 Å². The van der Waals surface area contributed by atoms with Gasteiger partial charge >= 0.3 is 0 Å². The van der Waals surface area contributed by atoms with Crippen molar-refractivity contribution in [1.82, 2.24) is 15.0 Å². The third kappa shape index (κ3) is 4.41. The average Bonchev–Trinajstić information content (AvgIpc) is 3.29. The molecule has 0 spiro atoms. The minimum atomic E-state index is 0.0102. The van der Waals surface area contributed by atoms with E-state index in [0.717, 1.165) is 48.0 Å². The second-order valence-corrected chi connectivity index (χ2v) is 8.44. The summed E-state index contributed by atoms with van der Waals surface area (Å²) in [4.78, 5) is 19.7. The molecule has 0 atom stereocenters. The Morgan fingerprint density at radius 1 is 1.03 bits per heavy atom. The van der Waals surface area contributed by atoms with Crippen LogP contribution in [0.15, 0.2) is 71.3 Å². The quantitative estimate of drug-likeness (QED) is 0.484. The van der Waals surface area contributed by atoms with E-state index in [1.807, 2.05) is 54.6 Å². The molecule has 6 heteroatoms. The molecule has 1 fully saturated rings. The van der Waals surface area contributed by atoms with Crippen molar-refractivity contribution >= 4 is 22.4 Å². The number of nitrogens with zero attached hydrogens (tertiary/aromatic N) is 3. The summed E-state index contributed by atoms with van der Waals surface area (Å²) in [6.07, 6.45) is 1.63. The van der Waals surface area contributed by atoms with Gasteiger partial charge in [-0.1, -0.05) is 71.4 Å². The van der Waals surface area contributed by atoms with E-state index >= 15 is 0 Å². The van der Waals surface area contributed by atoms with Crippen molar-refractivity contribution in [2.24, 2.45) is 5.92 Å². The number of aryl methyl sites for hydroxylation is 1. The number of likely N-dealkylation sites (tertiary alicyclic amines) is 1. The Balaban J connectivity index is 1.17. The lowest BCUT2D eigenvalue weighted by Crippen LogP contribution is -2.37. The lowest BCUT2D eigenvalue weighted by Gasteiger charge is -2.30. The van der Waals surface area contributed by atoms with Gasteiger partial charge in [-0.25, -0.2) is 0 Å². The number of amides is 1. The van der Waals surface area contributed by atoms with Crippen LogP contribution < -0.4 is 5.32 Å². The van der Waals surface area contributed by atoms with E-state index in [4.69, 9.17) is 4.52 Å². The zero-order valence-corrected chi connectivity index (χ0v) is 18.1. The minimum absolute atomic E-state index is 0.0102. The van der Waals surface area contributed by atoms with Crippen molar-refractivity contribution in [3.8, 4) is 11.4 Å². The molecule has 0 aliphatic carbocycles. The number of anilines is 1. The highest BCUT2D eigenvalue weighted by Crippen LogP contribution is 2.26. The molecule has 2 heterocycles. The maximum atomic E-state index is 12.9. The van der Waals surface area contributed by atoms with Gasteiger partial charge in [-0.3, -0.25) is 9.69 Å². The summed E-state index contributed by atoms with van der Waals surface area (Å²) in [7, 11) is 0. The van der Waals surface area contributed by atoms with Gasteiger partial charge in [0.25, 0.3) is 0 Å².